The van der Waals surface area contributed by atoms with Crippen LogP contribution in [-0.4, -0.2) is 42.4 Å². The van der Waals surface area contributed by atoms with E-state index in [1.807, 2.05) is 0 Å². The molecule has 0 unspecified atom stereocenters. The molecule has 0 bridgehead atoms. The van der Waals surface area contributed by atoms with Crippen molar-refractivity contribution in [3.8, 4) is 0 Å². The third-order valence-corrected chi connectivity index (χ3v) is 4.82. The lowest BCUT2D eigenvalue weighted by Crippen LogP contribution is -2.44. The van der Waals surface area contributed by atoms with Gasteiger partial charge in [0.1, 0.15) is 0 Å². The molecule has 28 heavy (non-hydrogen) atoms. The molecule has 7 heteroatoms. The van der Waals surface area contributed by atoms with Crippen LogP contribution < -0.4 is 5.32 Å². The molecule has 1 amide bonds. The van der Waals surface area contributed by atoms with Crippen molar-refractivity contribution in [3.05, 3.63) is 65.7 Å². The number of rotatable bonds is 5. The summed E-state index contributed by atoms with van der Waals surface area (Å²) in [7, 11) is 0. The number of nitrogens with zero attached hydrogens (tertiary/aromatic N) is 1. The van der Waals surface area contributed by atoms with Crippen molar-refractivity contribution in [3.63, 3.8) is 0 Å². The normalized spacial score (nSPS) is 17.9. The van der Waals surface area contributed by atoms with E-state index in [0.717, 1.165) is 0 Å². The molecule has 1 atom stereocenters. The minimum absolute atomic E-state index is 0.0933. The van der Waals surface area contributed by atoms with Crippen LogP contribution >= 0.6 is 0 Å². The second-order valence-corrected chi connectivity index (χ2v) is 6.90. The average Bonchev–Trinajstić information content (AvgIpc) is 2.68. The van der Waals surface area contributed by atoms with Gasteiger partial charge in [0.05, 0.1) is 18.2 Å². The van der Waals surface area contributed by atoms with Crippen LogP contribution in [0, 0.1) is 5.92 Å². The molecule has 4 nitrogen and oxygen atoms in total. The lowest BCUT2D eigenvalue weighted by atomic mass is 9.97. The molecular weight excluding hydrogens is 369 g/mol. The van der Waals surface area contributed by atoms with Gasteiger partial charge in [0.2, 0.25) is 5.91 Å². The van der Waals surface area contributed by atoms with Crippen molar-refractivity contribution in [1.82, 2.24) is 4.90 Å². The second-order valence-electron chi connectivity index (χ2n) is 6.90. The largest absolute Gasteiger partial charge is 0.393 e. The Labute approximate surface area is 161 Å². The molecule has 2 aromatic carbocycles. The topological polar surface area (TPSA) is 49.4 Å². The monoisotopic (exact) mass is 390 g/mol. The smallest absolute Gasteiger partial charge is 0.324 e. The molecule has 1 aliphatic rings. The van der Waals surface area contributed by atoms with Gasteiger partial charge in [-0.3, -0.25) is 14.5 Å². The van der Waals surface area contributed by atoms with Crippen LogP contribution in [0.1, 0.15) is 28.8 Å². The van der Waals surface area contributed by atoms with Gasteiger partial charge in [0.15, 0.2) is 5.78 Å². The van der Waals surface area contributed by atoms with Crippen molar-refractivity contribution in [2.75, 3.05) is 25.0 Å². The minimum Gasteiger partial charge on any atom is -0.324 e. The highest BCUT2D eigenvalue weighted by atomic mass is 19.4. The molecule has 1 fully saturated rings. The number of hydrogen-bond acceptors (Lipinski definition) is 3. The molecule has 0 radical (unpaired) electrons. The van der Waals surface area contributed by atoms with Gasteiger partial charge in [0, 0.05) is 17.7 Å². The third kappa shape index (κ3) is 4.98. The number of anilines is 1. The highest BCUT2D eigenvalue weighted by Crippen LogP contribution is 2.33. The van der Waals surface area contributed by atoms with Crippen LogP contribution in [-0.2, 0) is 4.79 Å². The maximum absolute atomic E-state index is 12.9. The van der Waals surface area contributed by atoms with Crippen molar-refractivity contribution >= 4 is 17.4 Å². The SMILES string of the molecule is O=C(CN1CCC[C@@H](C(F)(F)F)C1)Nc1ccccc1C(=O)c1ccccc1. The van der Waals surface area contributed by atoms with Gasteiger partial charge in [-0.15, -0.1) is 0 Å². The fourth-order valence-corrected chi connectivity index (χ4v) is 3.39. The summed E-state index contributed by atoms with van der Waals surface area (Å²) >= 11 is 0. The van der Waals surface area contributed by atoms with Crippen LogP contribution in [0.3, 0.4) is 0 Å². The van der Waals surface area contributed by atoms with E-state index in [0.29, 0.717) is 29.8 Å². The Hall–Kier alpha value is -2.67. The third-order valence-electron chi connectivity index (χ3n) is 4.82. The first-order chi connectivity index (χ1) is 13.3. The molecule has 0 spiro atoms. The first-order valence-electron chi connectivity index (χ1n) is 9.12. The maximum Gasteiger partial charge on any atom is 0.393 e. The fraction of sp³-hybridized carbons (Fsp3) is 0.333. The summed E-state index contributed by atoms with van der Waals surface area (Å²) in [5.41, 5.74) is 1.19. The number of piperidine rings is 1. The zero-order valence-electron chi connectivity index (χ0n) is 15.2. The van der Waals surface area contributed by atoms with E-state index >= 15 is 0 Å². The van der Waals surface area contributed by atoms with E-state index in [1.54, 1.807) is 54.6 Å². The number of likely N-dealkylation sites (tertiary alicyclic amines) is 1. The predicted molar refractivity (Wildman–Crippen MR) is 100 cm³/mol. The van der Waals surface area contributed by atoms with Gasteiger partial charge in [-0.05, 0) is 31.5 Å². The number of benzene rings is 2. The number of alkyl halides is 3. The summed E-state index contributed by atoms with van der Waals surface area (Å²) in [4.78, 5) is 26.6. The Morgan fingerprint density at radius 1 is 1.04 bits per heavy atom. The van der Waals surface area contributed by atoms with Crippen molar-refractivity contribution < 1.29 is 22.8 Å². The van der Waals surface area contributed by atoms with E-state index in [1.165, 1.54) is 4.90 Å². The number of carbonyl (C=O) groups excluding carboxylic acids is 2. The molecule has 1 aliphatic heterocycles. The van der Waals surface area contributed by atoms with Crippen LogP contribution in [0.25, 0.3) is 0 Å². The number of carbonyl (C=O) groups is 2. The average molecular weight is 390 g/mol. The van der Waals surface area contributed by atoms with Gasteiger partial charge in [-0.1, -0.05) is 42.5 Å². The standard InChI is InChI=1S/C21H21F3N2O2/c22-21(23,24)16-9-6-12-26(13-16)14-19(27)25-18-11-5-4-10-17(18)20(28)15-7-2-1-3-8-15/h1-5,7-8,10-11,16H,6,9,12-14H2,(H,25,27)/t16-/m1/s1. The Morgan fingerprint density at radius 2 is 1.71 bits per heavy atom. The minimum atomic E-state index is -4.25. The molecular formula is C21H21F3N2O2. The van der Waals surface area contributed by atoms with Crippen molar-refractivity contribution in [2.24, 2.45) is 5.92 Å². The summed E-state index contributed by atoms with van der Waals surface area (Å²) in [5.74, 6) is -2.07. The zero-order chi connectivity index (χ0) is 20.1. The number of amides is 1. The molecule has 3 rings (SSSR count). The second kappa shape index (κ2) is 8.56. The van der Waals surface area contributed by atoms with E-state index in [-0.39, 0.29) is 25.3 Å². The molecule has 2 aromatic rings. The number of nitrogens with one attached hydrogen (secondary N) is 1. The fourth-order valence-electron chi connectivity index (χ4n) is 3.39. The van der Waals surface area contributed by atoms with Crippen molar-refractivity contribution in [1.29, 1.82) is 0 Å². The van der Waals surface area contributed by atoms with Gasteiger partial charge in [-0.2, -0.15) is 13.2 Å². The summed E-state index contributed by atoms with van der Waals surface area (Å²) in [5, 5.41) is 2.68. The van der Waals surface area contributed by atoms with Crippen molar-refractivity contribution in [2.45, 2.75) is 19.0 Å². The Kier molecular flexibility index (Phi) is 6.14. The number of para-hydroxylation sites is 1. The van der Waals surface area contributed by atoms with Gasteiger partial charge >= 0.3 is 6.18 Å². The summed E-state index contributed by atoms with van der Waals surface area (Å²) in [6.45, 7) is 0.131. The van der Waals surface area contributed by atoms with E-state index < -0.39 is 18.0 Å². The van der Waals surface area contributed by atoms with E-state index in [9.17, 15) is 22.8 Å². The summed E-state index contributed by atoms with van der Waals surface area (Å²) < 4.78 is 38.8. The van der Waals surface area contributed by atoms with Crippen LogP contribution in [0.15, 0.2) is 54.6 Å². The quantitative estimate of drug-likeness (QED) is 0.781. The number of ketones is 1. The Bertz CT molecular complexity index is 837. The highest BCUT2D eigenvalue weighted by Gasteiger charge is 2.41. The molecule has 1 N–H and O–H groups in total. The number of halogens is 3. The molecule has 1 heterocycles. The lowest BCUT2D eigenvalue weighted by molar-refractivity contribution is -0.186. The van der Waals surface area contributed by atoms with E-state index in [4.69, 9.17) is 0 Å². The van der Waals surface area contributed by atoms with Crippen LogP contribution in [0.4, 0.5) is 18.9 Å². The van der Waals surface area contributed by atoms with Gasteiger partial charge < -0.3 is 5.32 Å². The summed E-state index contributed by atoms with van der Waals surface area (Å²) in [6.07, 6.45) is -3.75. The summed E-state index contributed by atoms with van der Waals surface area (Å²) in [6, 6.07) is 15.3. The van der Waals surface area contributed by atoms with Gasteiger partial charge in [-0.25, -0.2) is 0 Å². The first-order valence-corrected chi connectivity index (χ1v) is 9.12. The Balaban J connectivity index is 1.67. The highest BCUT2D eigenvalue weighted by molar-refractivity contribution is 6.13. The lowest BCUT2D eigenvalue weighted by Gasteiger charge is -2.33. The van der Waals surface area contributed by atoms with E-state index in [2.05, 4.69) is 5.32 Å². The predicted octanol–water partition coefficient (Wildman–Crippen LogP) is 4.13. The zero-order valence-corrected chi connectivity index (χ0v) is 15.2. The Morgan fingerprint density at radius 3 is 2.43 bits per heavy atom. The molecule has 148 valence electrons. The molecule has 0 aromatic heterocycles. The van der Waals surface area contributed by atoms with Gasteiger partial charge in [0.25, 0.3) is 0 Å². The molecule has 0 aliphatic carbocycles. The maximum atomic E-state index is 12.9. The van der Waals surface area contributed by atoms with Crippen LogP contribution in [0.5, 0.6) is 0 Å². The first kappa shape index (κ1) is 20.1. The molecule has 1 saturated heterocycles. The molecule has 0 saturated carbocycles. The number of hydrogen-bond donors (Lipinski definition) is 1. The van der Waals surface area contributed by atoms with Crippen LogP contribution in [0.2, 0.25) is 0 Å².